The third-order valence-electron chi connectivity index (χ3n) is 2.94. The molecule has 18 heavy (non-hydrogen) atoms. The first-order chi connectivity index (χ1) is 8.67. The maximum atomic E-state index is 5.39. The molecule has 1 atom stereocenters. The Hall–Kier alpha value is -1.75. The van der Waals surface area contributed by atoms with E-state index in [4.69, 9.17) is 9.15 Å². The van der Waals surface area contributed by atoms with Crippen molar-refractivity contribution < 1.29 is 9.15 Å². The highest BCUT2D eigenvalue weighted by atomic mass is 16.5. The summed E-state index contributed by atoms with van der Waals surface area (Å²) < 4.78 is 12.6. The Morgan fingerprint density at radius 1 is 1.56 bits per heavy atom. The minimum Gasteiger partial charge on any atom is -0.493 e. The highest BCUT2D eigenvalue weighted by Crippen LogP contribution is 2.30. The summed E-state index contributed by atoms with van der Waals surface area (Å²) in [6, 6.07) is 2.05. The van der Waals surface area contributed by atoms with E-state index in [-0.39, 0.29) is 6.04 Å². The molecule has 0 aliphatic heterocycles. The van der Waals surface area contributed by atoms with Crippen molar-refractivity contribution in [3.8, 4) is 5.75 Å². The van der Waals surface area contributed by atoms with Gasteiger partial charge in [-0.1, -0.05) is 6.92 Å². The Labute approximate surface area is 107 Å². The van der Waals surface area contributed by atoms with Crippen molar-refractivity contribution in [2.24, 2.45) is 7.05 Å². The number of aryl methyl sites for hydroxylation is 2. The molecule has 0 bridgehead atoms. The molecule has 2 aromatic rings. The zero-order chi connectivity index (χ0) is 13.1. The Bertz CT molecular complexity index is 516. The standard InChI is InChI=1S/C13H19N3O2/c1-5-14-12(10-6-9(2)18-8-10)13-11(17-4)7-15-16(13)3/h6-8,12,14H,5H2,1-4H3. The van der Waals surface area contributed by atoms with Gasteiger partial charge in [0.1, 0.15) is 11.5 Å². The van der Waals surface area contributed by atoms with Gasteiger partial charge in [-0.05, 0) is 19.5 Å². The van der Waals surface area contributed by atoms with Crippen LogP contribution in [-0.2, 0) is 7.05 Å². The monoisotopic (exact) mass is 249 g/mol. The van der Waals surface area contributed by atoms with Crippen LogP contribution in [0.25, 0.3) is 0 Å². The summed E-state index contributed by atoms with van der Waals surface area (Å²) in [6.07, 6.45) is 3.50. The van der Waals surface area contributed by atoms with Crippen LogP contribution in [0, 0.1) is 6.92 Å². The molecule has 0 aliphatic carbocycles. The Kier molecular flexibility index (Phi) is 3.72. The van der Waals surface area contributed by atoms with Crippen LogP contribution in [0.1, 0.15) is 30.0 Å². The first-order valence-electron chi connectivity index (χ1n) is 6.01. The summed E-state index contributed by atoms with van der Waals surface area (Å²) in [6.45, 7) is 4.86. The van der Waals surface area contributed by atoms with Gasteiger partial charge >= 0.3 is 0 Å². The maximum absolute atomic E-state index is 5.39. The fourth-order valence-corrected chi connectivity index (χ4v) is 2.10. The summed E-state index contributed by atoms with van der Waals surface area (Å²) in [5.74, 6) is 1.68. The van der Waals surface area contributed by atoms with Crippen molar-refractivity contribution in [3.05, 3.63) is 35.5 Å². The van der Waals surface area contributed by atoms with Gasteiger partial charge in [0.25, 0.3) is 0 Å². The molecular weight excluding hydrogens is 230 g/mol. The number of rotatable bonds is 5. The van der Waals surface area contributed by atoms with Gasteiger partial charge in [-0.3, -0.25) is 4.68 Å². The SMILES string of the molecule is CCNC(c1coc(C)c1)c1c(OC)cnn1C. The molecule has 0 radical (unpaired) electrons. The fourth-order valence-electron chi connectivity index (χ4n) is 2.10. The third-order valence-corrected chi connectivity index (χ3v) is 2.94. The first kappa shape index (κ1) is 12.7. The van der Waals surface area contributed by atoms with E-state index in [1.807, 2.05) is 24.7 Å². The smallest absolute Gasteiger partial charge is 0.161 e. The topological polar surface area (TPSA) is 52.2 Å². The van der Waals surface area contributed by atoms with Crippen LogP contribution in [0.3, 0.4) is 0 Å². The molecule has 0 saturated heterocycles. The van der Waals surface area contributed by atoms with E-state index in [0.717, 1.165) is 29.3 Å². The molecule has 98 valence electrons. The lowest BCUT2D eigenvalue weighted by molar-refractivity contribution is 0.401. The van der Waals surface area contributed by atoms with E-state index in [1.165, 1.54) is 0 Å². The van der Waals surface area contributed by atoms with Gasteiger partial charge in [0, 0.05) is 12.6 Å². The molecule has 0 spiro atoms. The molecule has 0 aromatic carbocycles. The summed E-state index contributed by atoms with van der Waals surface area (Å²) in [5.41, 5.74) is 2.08. The van der Waals surface area contributed by atoms with Crippen LogP contribution < -0.4 is 10.1 Å². The summed E-state index contributed by atoms with van der Waals surface area (Å²) in [4.78, 5) is 0. The van der Waals surface area contributed by atoms with E-state index >= 15 is 0 Å². The van der Waals surface area contributed by atoms with Crippen molar-refractivity contribution in [3.63, 3.8) is 0 Å². The predicted molar refractivity (Wildman–Crippen MR) is 68.7 cm³/mol. The number of nitrogens with zero attached hydrogens (tertiary/aromatic N) is 2. The molecule has 0 fully saturated rings. The number of ether oxygens (including phenoxy) is 1. The van der Waals surface area contributed by atoms with Crippen LogP contribution in [0.2, 0.25) is 0 Å². The van der Waals surface area contributed by atoms with Gasteiger partial charge < -0.3 is 14.5 Å². The second-order valence-electron chi connectivity index (χ2n) is 4.20. The predicted octanol–water partition coefficient (Wildman–Crippen LogP) is 2.03. The van der Waals surface area contributed by atoms with Crippen molar-refractivity contribution in [1.29, 1.82) is 0 Å². The van der Waals surface area contributed by atoms with E-state index in [9.17, 15) is 0 Å². The average molecular weight is 249 g/mol. The molecule has 5 heteroatoms. The van der Waals surface area contributed by atoms with E-state index in [0.29, 0.717) is 0 Å². The molecular formula is C13H19N3O2. The Balaban J connectivity index is 2.43. The first-order valence-corrected chi connectivity index (χ1v) is 6.01. The van der Waals surface area contributed by atoms with Gasteiger partial charge in [0.05, 0.1) is 25.6 Å². The van der Waals surface area contributed by atoms with Crippen LogP contribution in [-0.4, -0.2) is 23.4 Å². The lowest BCUT2D eigenvalue weighted by atomic mass is 10.1. The number of hydrogen-bond acceptors (Lipinski definition) is 4. The fraction of sp³-hybridized carbons (Fsp3) is 0.462. The minimum atomic E-state index is 0.0231. The van der Waals surface area contributed by atoms with Gasteiger partial charge in [-0.25, -0.2) is 0 Å². The van der Waals surface area contributed by atoms with Gasteiger partial charge in [0.15, 0.2) is 5.75 Å². The zero-order valence-corrected chi connectivity index (χ0v) is 11.2. The molecule has 2 rings (SSSR count). The van der Waals surface area contributed by atoms with Crippen LogP contribution in [0.15, 0.2) is 22.9 Å². The van der Waals surface area contributed by atoms with Crippen molar-refractivity contribution >= 4 is 0 Å². The maximum Gasteiger partial charge on any atom is 0.161 e. The lowest BCUT2D eigenvalue weighted by Gasteiger charge is -2.18. The Morgan fingerprint density at radius 3 is 2.89 bits per heavy atom. The highest BCUT2D eigenvalue weighted by molar-refractivity contribution is 5.35. The number of methoxy groups -OCH3 is 1. The molecule has 0 saturated carbocycles. The second kappa shape index (κ2) is 5.27. The van der Waals surface area contributed by atoms with Crippen molar-refractivity contribution in [2.75, 3.05) is 13.7 Å². The normalized spacial score (nSPS) is 12.7. The summed E-state index contributed by atoms with van der Waals surface area (Å²) in [5, 5.41) is 7.67. The molecule has 0 aliphatic rings. The molecule has 5 nitrogen and oxygen atoms in total. The summed E-state index contributed by atoms with van der Waals surface area (Å²) in [7, 11) is 3.57. The van der Waals surface area contributed by atoms with E-state index in [1.54, 1.807) is 19.6 Å². The van der Waals surface area contributed by atoms with Crippen LogP contribution in [0.5, 0.6) is 5.75 Å². The van der Waals surface area contributed by atoms with Crippen molar-refractivity contribution in [1.82, 2.24) is 15.1 Å². The zero-order valence-electron chi connectivity index (χ0n) is 11.2. The third kappa shape index (κ3) is 2.26. The van der Waals surface area contributed by atoms with Gasteiger partial charge in [0.2, 0.25) is 0 Å². The van der Waals surface area contributed by atoms with E-state index in [2.05, 4.69) is 17.3 Å². The number of hydrogen-bond donors (Lipinski definition) is 1. The quantitative estimate of drug-likeness (QED) is 0.881. The molecule has 2 aromatic heterocycles. The largest absolute Gasteiger partial charge is 0.493 e. The van der Waals surface area contributed by atoms with Gasteiger partial charge in [-0.2, -0.15) is 5.10 Å². The highest BCUT2D eigenvalue weighted by Gasteiger charge is 2.23. The Morgan fingerprint density at radius 2 is 2.33 bits per heavy atom. The number of aromatic nitrogens is 2. The van der Waals surface area contributed by atoms with Crippen LogP contribution >= 0.6 is 0 Å². The molecule has 0 amide bonds. The van der Waals surface area contributed by atoms with E-state index < -0.39 is 0 Å². The average Bonchev–Trinajstić information content (AvgIpc) is 2.93. The second-order valence-corrected chi connectivity index (χ2v) is 4.20. The van der Waals surface area contributed by atoms with Crippen molar-refractivity contribution in [2.45, 2.75) is 19.9 Å². The van der Waals surface area contributed by atoms with Gasteiger partial charge in [-0.15, -0.1) is 0 Å². The minimum absolute atomic E-state index is 0.0231. The lowest BCUT2D eigenvalue weighted by Crippen LogP contribution is -2.24. The molecule has 2 heterocycles. The number of nitrogens with one attached hydrogen (secondary N) is 1. The number of furan rings is 1. The molecule has 1 N–H and O–H groups in total. The summed E-state index contributed by atoms with van der Waals surface area (Å²) >= 11 is 0. The van der Waals surface area contributed by atoms with Crippen LogP contribution in [0.4, 0.5) is 0 Å². The molecule has 1 unspecified atom stereocenters.